The zero-order valence-electron chi connectivity index (χ0n) is 11.0. The molecule has 20 heavy (non-hydrogen) atoms. The Morgan fingerprint density at radius 2 is 2.00 bits per heavy atom. The number of hydrogen-bond acceptors (Lipinski definition) is 3. The normalized spacial score (nSPS) is 11.8. The minimum absolute atomic E-state index is 0.351. The van der Waals surface area contributed by atoms with E-state index in [9.17, 15) is 9.18 Å². The minimum Gasteiger partial charge on any atom is -0.453 e. The average molecular weight is 274 g/mol. The van der Waals surface area contributed by atoms with Gasteiger partial charge in [-0.1, -0.05) is 30.3 Å². The van der Waals surface area contributed by atoms with Crippen molar-refractivity contribution >= 4 is 11.8 Å². The first kappa shape index (κ1) is 14.0. The molecule has 0 bridgehead atoms. The van der Waals surface area contributed by atoms with E-state index in [1.54, 1.807) is 36.4 Å². The lowest BCUT2D eigenvalue weighted by molar-refractivity contribution is 0.187. The van der Waals surface area contributed by atoms with Gasteiger partial charge < -0.3 is 10.5 Å². The smallest absolute Gasteiger partial charge is 0.411 e. The molecule has 0 radical (unpaired) electrons. The van der Waals surface area contributed by atoms with Crippen molar-refractivity contribution in [3.63, 3.8) is 0 Å². The fourth-order valence-electron chi connectivity index (χ4n) is 1.92. The summed E-state index contributed by atoms with van der Waals surface area (Å²) in [6.45, 7) is 0. The molecule has 1 atom stereocenters. The number of nitrogens with one attached hydrogen (secondary N) is 1. The van der Waals surface area contributed by atoms with Gasteiger partial charge in [-0.2, -0.15) is 0 Å². The van der Waals surface area contributed by atoms with Gasteiger partial charge in [0.2, 0.25) is 0 Å². The van der Waals surface area contributed by atoms with Gasteiger partial charge in [-0.25, -0.2) is 9.18 Å². The molecule has 0 saturated carbocycles. The van der Waals surface area contributed by atoms with Crippen LogP contribution >= 0.6 is 0 Å². The molecule has 1 unspecified atom stereocenters. The average Bonchev–Trinajstić information content (AvgIpc) is 2.47. The van der Waals surface area contributed by atoms with Crippen molar-refractivity contribution in [2.45, 2.75) is 6.04 Å². The fraction of sp³-hybridized carbons (Fsp3) is 0.133. The number of methoxy groups -OCH3 is 1. The van der Waals surface area contributed by atoms with Crippen molar-refractivity contribution in [1.29, 1.82) is 0 Å². The van der Waals surface area contributed by atoms with Crippen LogP contribution in [-0.4, -0.2) is 13.2 Å². The molecular formula is C15H15FN2O2. The number of para-hydroxylation sites is 1. The molecule has 0 aliphatic rings. The number of halogens is 1. The number of ether oxygens (including phenoxy) is 1. The summed E-state index contributed by atoms with van der Waals surface area (Å²) in [5.74, 6) is -0.351. The second-order valence-corrected chi connectivity index (χ2v) is 4.24. The Bertz CT molecular complexity index is 616. The number of rotatable bonds is 3. The monoisotopic (exact) mass is 274 g/mol. The van der Waals surface area contributed by atoms with Gasteiger partial charge in [0, 0.05) is 5.69 Å². The maximum Gasteiger partial charge on any atom is 0.411 e. The van der Waals surface area contributed by atoms with Gasteiger partial charge in [0.15, 0.2) is 0 Å². The van der Waals surface area contributed by atoms with Crippen LogP contribution in [0.4, 0.5) is 14.9 Å². The Morgan fingerprint density at radius 1 is 1.25 bits per heavy atom. The summed E-state index contributed by atoms with van der Waals surface area (Å²) in [5, 5.41) is 2.59. The molecule has 0 aliphatic heterocycles. The van der Waals surface area contributed by atoms with Gasteiger partial charge in [0.25, 0.3) is 0 Å². The SMILES string of the molecule is COC(=O)Nc1ccccc1C(N)c1cccc(F)c1. The summed E-state index contributed by atoms with van der Waals surface area (Å²) in [6, 6.07) is 12.6. The second-order valence-electron chi connectivity index (χ2n) is 4.24. The van der Waals surface area contributed by atoms with Gasteiger partial charge in [-0.05, 0) is 29.3 Å². The Hall–Kier alpha value is -2.40. The van der Waals surface area contributed by atoms with Crippen molar-refractivity contribution in [3.8, 4) is 0 Å². The van der Waals surface area contributed by atoms with Gasteiger partial charge in [-0.3, -0.25) is 5.32 Å². The molecule has 1 amide bonds. The van der Waals surface area contributed by atoms with Gasteiger partial charge >= 0.3 is 6.09 Å². The quantitative estimate of drug-likeness (QED) is 0.904. The summed E-state index contributed by atoms with van der Waals surface area (Å²) in [5.41, 5.74) is 8.00. The molecular weight excluding hydrogens is 259 g/mol. The third-order valence-electron chi connectivity index (χ3n) is 2.93. The molecule has 3 N–H and O–H groups in total. The van der Waals surface area contributed by atoms with E-state index in [0.29, 0.717) is 16.8 Å². The maximum absolute atomic E-state index is 13.3. The molecule has 0 heterocycles. The van der Waals surface area contributed by atoms with Gasteiger partial charge in [-0.15, -0.1) is 0 Å². The Morgan fingerprint density at radius 3 is 2.70 bits per heavy atom. The predicted molar refractivity (Wildman–Crippen MR) is 74.9 cm³/mol. The third kappa shape index (κ3) is 3.13. The Kier molecular flexibility index (Phi) is 4.32. The predicted octanol–water partition coefficient (Wildman–Crippen LogP) is 3.05. The van der Waals surface area contributed by atoms with Crippen molar-refractivity contribution < 1.29 is 13.9 Å². The topological polar surface area (TPSA) is 64.3 Å². The number of anilines is 1. The van der Waals surface area contributed by atoms with Crippen LogP contribution in [0.5, 0.6) is 0 Å². The summed E-state index contributed by atoms with van der Waals surface area (Å²) >= 11 is 0. The fourth-order valence-corrected chi connectivity index (χ4v) is 1.92. The maximum atomic E-state index is 13.3. The van der Waals surface area contributed by atoms with Crippen molar-refractivity contribution in [2.75, 3.05) is 12.4 Å². The van der Waals surface area contributed by atoms with E-state index in [-0.39, 0.29) is 5.82 Å². The molecule has 5 heteroatoms. The standard InChI is InChI=1S/C15H15FN2O2/c1-20-15(19)18-13-8-3-2-7-12(13)14(17)10-5-4-6-11(16)9-10/h2-9,14H,17H2,1H3,(H,18,19). The van der Waals surface area contributed by atoms with Crippen molar-refractivity contribution in [3.05, 3.63) is 65.5 Å². The van der Waals surface area contributed by atoms with E-state index in [1.807, 2.05) is 0 Å². The first-order valence-electron chi connectivity index (χ1n) is 6.06. The second kappa shape index (κ2) is 6.16. The first-order chi connectivity index (χ1) is 9.61. The summed E-state index contributed by atoms with van der Waals surface area (Å²) in [6.07, 6.45) is -0.580. The van der Waals surface area contributed by atoms with E-state index in [0.717, 1.165) is 0 Å². The minimum atomic E-state index is -0.580. The zero-order chi connectivity index (χ0) is 14.5. The van der Waals surface area contributed by atoms with Crippen LogP contribution in [-0.2, 0) is 4.74 Å². The first-order valence-corrected chi connectivity index (χ1v) is 6.06. The van der Waals surface area contributed by atoms with E-state index in [4.69, 9.17) is 5.73 Å². The number of carbonyl (C=O) groups is 1. The molecule has 0 aliphatic carbocycles. The third-order valence-corrected chi connectivity index (χ3v) is 2.93. The number of hydrogen-bond donors (Lipinski definition) is 2. The zero-order valence-corrected chi connectivity index (χ0v) is 11.0. The highest BCUT2D eigenvalue weighted by Gasteiger charge is 2.15. The summed E-state index contributed by atoms with van der Waals surface area (Å²) in [7, 11) is 1.28. The lowest BCUT2D eigenvalue weighted by atomic mass is 9.98. The molecule has 2 rings (SSSR count). The molecule has 2 aromatic rings. The van der Waals surface area contributed by atoms with Crippen LogP contribution in [0.3, 0.4) is 0 Å². The molecule has 4 nitrogen and oxygen atoms in total. The van der Waals surface area contributed by atoms with Crippen LogP contribution < -0.4 is 11.1 Å². The van der Waals surface area contributed by atoms with Gasteiger partial charge in [0.1, 0.15) is 5.82 Å². The largest absolute Gasteiger partial charge is 0.453 e. The number of amides is 1. The van der Waals surface area contributed by atoms with E-state index >= 15 is 0 Å². The number of carbonyl (C=O) groups excluding carboxylic acids is 1. The molecule has 0 spiro atoms. The Balaban J connectivity index is 2.34. The molecule has 0 saturated heterocycles. The highest BCUT2D eigenvalue weighted by molar-refractivity contribution is 5.85. The van der Waals surface area contributed by atoms with Crippen LogP contribution in [0.2, 0.25) is 0 Å². The van der Waals surface area contributed by atoms with E-state index in [1.165, 1.54) is 19.2 Å². The van der Waals surface area contributed by atoms with Crippen molar-refractivity contribution in [2.24, 2.45) is 5.73 Å². The number of benzene rings is 2. The Labute approximate surface area is 116 Å². The van der Waals surface area contributed by atoms with Crippen molar-refractivity contribution in [1.82, 2.24) is 0 Å². The van der Waals surface area contributed by atoms with Gasteiger partial charge in [0.05, 0.1) is 13.2 Å². The van der Waals surface area contributed by atoms with Crippen LogP contribution in [0, 0.1) is 5.82 Å². The molecule has 104 valence electrons. The van der Waals surface area contributed by atoms with Crippen LogP contribution in [0.1, 0.15) is 17.2 Å². The summed E-state index contributed by atoms with van der Waals surface area (Å²) < 4.78 is 17.8. The number of nitrogens with two attached hydrogens (primary N) is 1. The highest BCUT2D eigenvalue weighted by Crippen LogP contribution is 2.26. The lowest BCUT2D eigenvalue weighted by Gasteiger charge is -2.17. The molecule has 2 aromatic carbocycles. The van der Waals surface area contributed by atoms with Crippen LogP contribution in [0.15, 0.2) is 48.5 Å². The molecule has 0 fully saturated rings. The molecule has 0 aromatic heterocycles. The lowest BCUT2D eigenvalue weighted by Crippen LogP contribution is -2.17. The van der Waals surface area contributed by atoms with Crippen LogP contribution in [0.25, 0.3) is 0 Å². The summed E-state index contributed by atoms with van der Waals surface area (Å²) in [4.78, 5) is 11.3. The van der Waals surface area contributed by atoms with E-state index in [2.05, 4.69) is 10.1 Å². The van der Waals surface area contributed by atoms with E-state index < -0.39 is 12.1 Å². The highest BCUT2D eigenvalue weighted by atomic mass is 19.1.